The van der Waals surface area contributed by atoms with Crippen LogP contribution < -0.4 is 11.4 Å². The summed E-state index contributed by atoms with van der Waals surface area (Å²) >= 11 is 0. The smallest absolute Gasteiger partial charge is 0.356 e. The molecule has 0 aromatic carbocycles. The summed E-state index contributed by atoms with van der Waals surface area (Å²) < 4.78 is 25.4. The maximum absolute atomic E-state index is 11.7. The van der Waals surface area contributed by atoms with Gasteiger partial charge in [0, 0.05) is 12.5 Å². The van der Waals surface area contributed by atoms with Crippen LogP contribution in [0.4, 0.5) is 5.82 Å². The summed E-state index contributed by atoms with van der Waals surface area (Å²) in [6.07, 6.45) is 2.26. The minimum absolute atomic E-state index is 0.0194. The summed E-state index contributed by atoms with van der Waals surface area (Å²) in [5, 5.41) is 18.9. The molecule has 0 amide bonds. The number of aromatic hydroxyl groups is 1. The van der Waals surface area contributed by atoms with Crippen molar-refractivity contribution in [2.45, 2.75) is 11.5 Å². The minimum Gasteiger partial charge on any atom is -0.503 e. The van der Waals surface area contributed by atoms with Crippen LogP contribution in [0.5, 0.6) is 5.75 Å². The third-order valence-electron chi connectivity index (χ3n) is 2.47. The van der Waals surface area contributed by atoms with E-state index in [0.717, 1.165) is 10.8 Å². The molecule has 0 saturated heterocycles. The molecule has 0 aliphatic carbocycles. The van der Waals surface area contributed by atoms with E-state index in [1.54, 1.807) is 0 Å². The second kappa shape index (κ2) is 4.83. The van der Waals surface area contributed by atoms with Crippen LogP contribution in [0.1, 0.15) is 5.76 Å². The van der Waals surface area contributed by atoms with Gasteiger partial charge in [-0.15, -0.1) is 0 Å². The number of nitrogen functional groups attached to an aromatic ring is 1. The Morgan fingerprint density at radius 3 is 2.65 bits per heavy atom. The number of furan rings is 1. The lowest BCUT2D eigenvalue weighted by Gasteiger charge is -2.26. The lowest BCUT2D eigenvalue weighted by molar-refractivity contribution is 0.238. The fraction of sp³-hybridized carbons (Fsp3) is 0.200. The van der Waals surface area contributed by atoms with Gasteiger partial charge >= 0.3 is 5.69 Å². The van der Waals surface area contributed by atoms with Gasteiger partial charge < -0.3 is 20.4 Å². The van der Waals surface area contributed by atoms with Crippen LogP contribution in [0.15, 0.2) is 26.4 Å². The van der Waals surface area contributed by atoms with Gasteiger partial charge in [0.2, 0.25) is 5.88 Å². The van der Waals surface area contributed by atoms with Gasteiger partial charge in [-0.25, -0.2) is 9.36 Å². The minimum atomic E-state index is -3.40. The van der Waals surface area contributed by atoms with Crippen molar-refractivity contribution in [3.05, 3.63) is 28.5 Å². The van der Waals surface area contributed by atoms with Crippen LogP contribution in [0.25, 0.3) is 5.88 Å². The molecule has 20 heavy (non-hydrogen) atoms. The number of aliphatic hydroxyl groups excluding tert-OH is 1. The Hall–Kier alpha value is -2.01. The zero-order valence-electron chi connectivity index (χ0n) is 10.3. The third kappa shape index (κ3) is 2.36. The Kier molecular flexibility index (Phi) is 3.48. The highest BCUT2D eigenvalue weighted by atomic mass is 32.3. The van der Waals surface area contributed by atoms with E-state index in [0.29, 0.717) is 0 Å². The van der Waals surface area contributed by atoms with Crippen molar-refractivity contribution in [1.29, 1.82) is 0 Å². The first-order chi connectivity index (χ1) is 9.25. The van der Waals surface area contributed by atoms with E-state index in [4.69, 9.17) is 15.3 Å². The molecule has 0 bridgehead atoms. The quantitative estimate of drug-likeness (QED) is 0.543. The van der Waals surface area contributed by atoms with E-state index >= 15 is 0 Å². The molecule has 110 valence electrons. The van der Waals surface area contributed by atoms with Crippen LogP contribution in [-0.2, 0) is 6.61 Å². The number of hydrogen-bond acceptors (Lipinski definition) is 8. The Balaban J connectivity index is 2.77. The van der Waals surface area contributed by atoms with Crippen LogP contribution in [0.2, 0.25) is 0 Å². The van der Waals surface area contributed by atoms with E-state index < -0.39 is 28.6 Å². The maximum Gasteiger partial charge on any atom is 0.356 e. The van der Waals surface area contributed by atoms with Crippen molar-refractivity contribution in [3.63, 3.8) is 0 Å². The molecule has 0 saturated carbocycles. The van der Waals surface area contributed by atoms with Crippen LogP contribution in [0.3, 0.4) is 0 Å². The first-order valence-corrected chi connectivity index (χ1v) is 7.25. The molecule has 2 aromatic rings. The van der Waals surface area contributed by atoms with E-state index in [-0.39, 0.29) is 22.4 Å². The fourth-order valence-electron chi connectivity index (χ4n) is 1.62. The lowest BCUT2D eigenvalue weighted by atomic mass is 10.4. The molecule has 2 aromatic heterocycles. The summed E-state index contributed by atoms with van der Waals surface area (Å²) in [5.41, 5.74) is 4.53. The Morgan fingerprint density at radius 2 is 2.15 bits per heavy atom. The van der Waals surface area contributed by atoms with Crippen LogP contribution >= 0.6 is 10.6 Å². The maximum atomic E-state index is 11.7. The summed E-state index contributed by atoms with van der Waals surface area (Å²) in [6.45, 7) is -0.675. The van der Waals surface area contributed by atoms with E-state index in [1.165, 1.54) is 12.3 Å². The molecule has 10 heteroatoms. The number of rotatable bonds is 3. The van der Waals surface area contributed by atoms with Crippen molar-refractivity contribution in [1.82, 2.24) is 9.55 Å². The highest BCUT2D eigenvalue weighted by Gasteiger charge is 2.29. The van der Waals surface area contributed by atoms with Crippen molar-refractivity contribution >= 4 is 16.4 Å². The van der Waals surface area contributed by atoms with Gasteiger partial charge in [0.05, 0.1) is 0 Å². The molecule has 0 atom stereocenters. The number of anilines is 1. The molecule has 9 nitrogen and oxygen atoms in total. The topological polar surface area (TPSA) is 155 Å². The van der Waals surface area contributed by atoms with Crippen molar-refractivity contribution in [2.75, 3.05) is 12.0 Å². The molecule has 0 fully saturated rings. The van der Waals surface area contributed by atoms with Gasteiger partial charge in [-0.05, 0) is 6.07 Å². The monoisotopic (exact) mass is 303 g/mol. The number of aromatic nitrogens is 2. The summed E-state index contributed by atoms with van der Waals surface area (Å²) in [6, 6.07) is 1.30. The van der Waals surface area contributed by atoms with Crippen molar-refractivity contribution in [3.8, 4) is 11.6 Å². The van der Waals surface area contributed by atoms with Gasteiger partial charge in [-0.1, -0.05) is 0 Å². The highest BCUT2D eigenvalue weighted by molar-refractivity contribution is 8.23. The number of nitrogens with zero attached hydrogens (tertiary/aromatic N) is 2. The number of nitrogens with two attached hydrogens (primary N) is 1. The average molecular weight is 303 g/mol. The zero-order chi connectivity index (χ0) is 15.1. The lowest BCUT2D eigenvalue weighted by Crippen LogP contribution is -2.22. The van der Waals surface area contributed by atoms with Gasteiger partial charge in [0.1, 0.15) is 12.4 Å². The molecule has 6 N–H and O–H groups in total. The molecular weight excluding hydrogens is 290 g/mol. The van der Waals surface area contributed by atoms with Gasteiger partial charge in [-0.3, -0.25) is 9.11 Å². The Bertz CT molecular complexity index is 702. The molecular formula is C10H13N3O6S. The summed E-state index contributed by atoms with van der Waals surface area (Å²) in [7, 11) is -3.40. The molecule has 0 unspecified atom stereocenters. The van der Waals surface area contributed by atoms with Gasteiger partial charge in [0.15, 0.2) is 16.4 Å². The van der Waals surface area contributed by atoms with Crippen molar-refractivity contribution < 1.29 is 23.7 Å². The largest absolute Gasteiger partial charge is 0.503 e. The molecule has 0 radical (unpaired) electrons. The van der Waals surface area contributed by atoms with E-state index in [1.807, 2.05) is 0 Å². The molecule has 2 rings (SSSR count). The first kappa shape index (κ1) is 14.4. The normalized spacial score (nSPS) is 12.6. The van der Waals surface area contributed by atoms with Gasteiger partial charge in [-0.2, -0.15) is 15.6 Å². The molecule has 0 aliphatic heterocycles. The summed E-state index contributed by atoms with van der Waals surface area (Å²) in [4.78, 5) is 14.8. The highest BCUT2D eigenvalue weighted by Crippen LogP contribution is 2.54. The zero-order valence-corrected chi connectivity index (χ0v) is 11.2. The Labute approximate surface area is 114 Å². The van der Waals surface area contributed by atoms with Crippen LogP contribution in [-0.4, -0.2) is 35.1 Å². The number of aliphatic hydroxyl groups is 1. The second-order valence-corrected chi connectivity index (χ2v) is 6.08. The average Bonchev–Trinajstić information content (AvgIpc) is 2.65. The van der Waals surface area contributed by atoms with Crippen molar-refractivity contribution in [2.24, 2.45) is 0 Å². The SMILES string of the molecule is CS(O)(O)c1c(-n2ccc(N)nc2=O)oc(CO)c1O. The second-order valence-electron chi connectivity index (χ2n) is 4.00. The summed E-state index contributed by atoms with van der Waals surface area (Å²) in [5.74, 6) is -1.25. The van der Waals surface area contributed by atoms with E-state index in [2.05, 4.69) is 4.98 Å². The van der Waals surface area contributed by atoms with Crippen LogP contribution in [0, 0.1) is 0 Å². The number of hydrogen-bond donors (Lipinski definition) is 5. The third-order valence-corrected chi connectivity index (χ3v) is 3.61. The standard InChI is InChI=1S/C10H13N3O6S/c1-20(17,18)8-7(15)5(4-14)19-9(8)13-3-2-6(11)12-10(13)16/h2-3,14-15,17-18H,4H2,1H3,(H2,11,12,16). The molecule has 2 heterocycles. The van der Waals surface area contributed by atoms with E-state index in [9.17, 15) is 19.0 Å². The Morgan fingerprint density at radius 1 is 1.50 bits per heavy atom. The fourth-order valence-corrected chi connectivity index (χ4v) is 2.58. The first-order valence-electron chi connectivity index (χ1n) is 5.30. The molecule has 0 spiro atoms. The molecule has 0 aliphatic rings. The predicted molar refractivity (Wildman–Crippen MR) is 71.1 cm³/mol. The van der Waals surface area contributed by atoms with Gasteiger partial charge in [0.25, 0.3) is 0 Å². The predicted octanol–water partition coefficient (Wildman–Crippen LogP) is 0.345.